The minimum absolute atomic E-state index is 0.238. The van der Waals surface area contributed by atoms with Gasteiger partial charge in [0.2, 0.25) is 0 Å². The molecule has 5 heteroatoms. The van der Waals surface area contributed by atoms with Gasteiger partial charge in [-0.05, 0) is 58.7 Å². The van der Waals surface area contributed by atoms with Crippen molar-refractivity contribution in [3.63, 3.8) is 0 Å². The molecule has 2 rings (SSSR count). The van der Waals surface area contributed by atoms with Crippen molar-refractivity contribution in [2.45, 2.75) is 6.92 Å². The van der Waals surface area contributed by atoms with E-state index in [1.165, 1.54) is 0 Å². The van der Waals surface area contributed by atoms with Crippen LogP contribution < -0.4 is 11.1 Å². The molecule has 3 N–H and O–H groups in total. The van der Waals surface area contributed by atoms with Gasteiger partial charge in [0.25, 0.3) is 5.91 Å². The number of hydrogen-bond acceptors (Lipinski definition) is 2. The SMILES string of the molecule is Cc1ccc(NC(=O)c2cc(Cl)ccc2Br)cc1N. The van der Waals surface area contributed by atoms with Crippen molar-refractivity contribution in [2.75, 3.05) is 11.1 Å². The summed E-state index contributed by atoms with van der Waals surface area (Å²) in [5.41, 5.74) is 8.55. The molecular formula is C14H12BrClN2O. The second-order valence-corrected chi connectivity index (χ2v) is 5.44. The number of carbonyl (C=O) groups excluding carboxylic acids is 1. The summed E-state index contributed by atoms with van der Waals surface area (Å²) in [6, 6.07) is 10.5. The van der Waals surface area contributed by atoms with Gasteiger partial charge in [0.15, 0.2) is 0 Å². The minimum Gasteiger partial charge on any atom is -0.398 e. The largest absolute Gasteiger partial charge is 0.398 e. The molecule has 0 atom stereocenters. The maximum Gasteiger partial charge on any atom is 0.256 e. The number of anilines is 2. The molecular weight excluding hydrogens is 328 g/mol. The molecule has 0 radical (unpaired) electrons. The Bertz CT molecular complexity index is 643. The number of nitrogens with one attached hydrogen (secondary N) is 1. The van der Waals surface area contributed by atoms with E-state index in [4.69, 9.17) is 17.3 Å². The van der Waals surface area contributed by atoms with E-state index >= 15 is 0 Å². The van der Waals surface area contributed by atoms with Crippen molar-refractivity contribution in [1.82, 2.24) is 0 Å². The maximum atomic E-state index is 12.1. The highest BCUT2D eigenvalue weighted by Crippen LogP contribution is 2.23. The molecule has 0 aromatic heterocycles. The lowest BCUT2D eigenvalue weighted by atomic mass is 10.1. The Hall–Kier alpha value is -1.52. The Morgan fingerprint density at radius 2 is 2.00 bits per heavy atom. The number of hydrogen-bond donors (Lipinski definition) is 2. The number of halogens is 2. The molecule has 0 fully saturated rings. The number of rotatable bonds is 2. The van der Waals surface area contributed by atoms with E-state index in [1.54, 1.807) is 24.3 Å². The van der Waals surface area contributed by atoms with Crippen molar-refractivity contribution < 1.29 is 4.79 Å². The van der Waals surface area contributed by atoms with Crippen LogP contribution in [0.3, 0.4) is 0 Å². The van der Waals surface area contributed by atoms with Crippen LogP contribution in [0.1, 0.15) is 15.9 Å². The lowest BCUT2D eigenvalue weighted by Gasteiger charge is -2.09. The zero-order valence-corrected chi connectivity index (χ0v) is 12.5. The molecule has 0 saturated carbocycles. The molecule has 19 heavy (non-hydrogen) atoms. The van der Waals surface area contributed by atoms with Gasteiger partial charge < -0.3 is 11.1 Å². The Morgan fingerprint density at radius 3 is 2.68 bits per heavy atom. The van der Waals surface area contributed by atoms with Crippen LogP contribution in [0, 0.1) is 6.92 Å². The molecule has 0 bridgehead atoms. The Morgan fingerprint density at radius 1 is 1.26 bits per heavy atom. The van der Waals surface area contributed by atoms with Crippen LogP contribution in [0.4, 0.5) is 11.4 Å². The van der Waals surface area contributed by atoms with Crippen LogP contribution in [-0.2, 0) is 0 Å². The number of amides is 1. The third-order valence-electron chi connectivity index (χ3n) is 2.71. The summed E-state index contributed by atoms with van der Waals surface area (Å²) in [6.45, 7) is 1.91. The van der Waals surface area contributed by atoms with Gasteiger partial charge in [-0.15, -0.1) is 0 Å². The highest BCUT2D eigenvalue weighted by molar-refractivity contribution is 9.10. The van der Waals surface area contributed by atoms with Gasteiger partial charge in [-0.1, -0.05) is 17.7 Å². The molecule has 0 spiro atoms. The zero-order chi connectivity index (χ0) is 14.0. The fraction of sp³-hybridized carbons (Fsp3) is 0.0714. The Kier molecular flexibility index (Phi) is 4.12. The van der Waals surface area contributed by atoms with Crippen LogP contribution in [0.25, 0.3) is 0 Å². The van der Waals surface area contributed by atoms with Crippen molar-refractivity contribution >= 4 is 44.8 Å². The number of carbonyl (C=O) groups is 1. The molecule has 0 saturated heterocycles. The first kappa shape index (κ1) is 13.9. The van der Waals surface area contributed by atoms with Gasteiger partial charge in [0.05, 0.1) is 5.56 Å². The van der Waals surface area contributed by atoms with Crippen molar-refractivity contribution in [2.24, 2.45) is 0 Å². The standard InChI is InChI=1S/C14H12BrClN2O/c1-8-2-4-10(7-13(8)17)18-14(19)11-6-9(16)3-5-12(11)15/h2-7H,17H2,1H3,(H,18,19). The van der Waals surface area contributed by atoms with E-state index in [-0.39, 0.29) is 5.91 Å². The van der Waals surface area contributed by atoms with E-state index in [1.807, 2.05) is 19.1 Å². The average molecular weight is 340 g/mol. The van der Waals surface area contributed by atoms with E-state index in [0.29, 0.717) is 26.4 Å². The summed E-state index contributed by atoms with van der Waals surface area (Å²) in [5, 5.41) is 3.30. The fourth-order valence-corrected chi connectivity index (χ4v) is 2.19. The molecule has 2 aromatic rings. The molecule has 0 aliphatic heterocycles. The van der Waals surface area contributed by atoms with Crippen LogP contribution in [-0.4, -0.2) is 5.91 Å². The number of nitrogens with two attached hydrogens (primary N) is 1. The lowest BCUT2D eigenvalue weighted by Crippen LogP contribution is -2.12. The van der Waals surface area contributed by atoms with Crippen molar-refractivity contribution in [3.8, 4) is 0 Å². The topological polar surface area (TPSA) is 55.1 Å². The molecule has 1 amide bonds. The van der Waals surface area contributed by atoms with Crippen molar-refractivity contribution in [3.05, 3.63) is 57.0 Å². The normalized spacial score (nSPS) is 10.3. The Balaban J connectivity index is 2.25. The van der Waals surface area contributed by atoms with Crippen LogP contribution >= 0.6 is 27.5 Å². The first-order valence-corrected chi connectivity index (χ1v) is 6.77. The number of aryl methyl sites for hydroxylation is 1. The third kappa shape index (κ3) is 3.28. The molecule has 3 nitrogen and oxygen atoms in total. The number of nitrogen functional groups attached to an aromatic ring is 1. The predicted octanol–water partition coefficient (Wildman–Crippen LogP) is 4.25. The summed E-state index contributed by atoms with van der Waals surface area (Å²) in [7, 11) is 0. The minimum atomic E-state index is -0.238. The molecule has 0 unspecified atom stereocenters. The molecule has 0 aliphatic rings. The van der Waals surface area contributed by atoms with Crippen molar-refractivity contribution in [1.29, 1.82) is 0 Å². The van der Waals surface area contributed by atoms with Gasteiger partial charge in [-0.25, -0.2) is 0 Å². The van der Waals surface area contributed by atoms with E-state index in [0.717, 1.165) is 5.56 Å². The molecule has 0 heterocycles. The van der Waals surface area contributed by atoms with E-state index in [2.05, 4.69) is 21.2 Å². The average Bonchev–Trinajstić information content (AvgIpc) is 2.36. The van der Waals surface area contributed by atoms with Crippen LogP contribution in [0.5, 0.6) is 0 Å². The smallest absolute Gasteiger partial charge is 0.256 e. The molecule has 2 aromatic carbocycles. The third-order valence-corrected chi connectivity index (χ3v) is 3.64. The quantitative estimate of drug-likeness (QED) is 0.804. The van der Waals surface area contributed by atoms with E-state index < -0.39 is 0 Å². The molecule has 0 aliphatic carbocycles. The van der Waals surface area contributed by atoms with Crippen LogP contribution in [0.2, 0.25) is 5.02 Å². The lowest BCUT2D eigenvalue weighted by molar-refractivity contribution is 0.102. The van der Waals surface area contributed by atoms with Gasteiger partial charge in [-0.2, -0.15) is 0 Å². The first-order chi connectivity index (χ1) is 8.97. The Labute approximate surface area is 124 Å². The highest BCUT2D eigenvalue weighted by Gasteiger charge is 2.11. The summed E-state index contributed by atoms with van der Waals surface area (Å²) in [4.78, 5) is 12.1. The number of benzene rings is 2. The summed E-state index contributed by atoms with van der Waals surface area (Å²) in [5.74, 6) is -0.238. The summed E-state index contributed by atoms with van der Waals surface area (Å²) in [6.07, 6.45) is 0. The zero-order valence-electron chi connectivity index (χ0n) is 10.2. The monoisotopic (exact) mass is 338 g/mol. The van der Waals surface area contributed by atoms with Crippen LogP contribution in [0.15, 0.2) is 40.9 Å². The highest BCUT2D eigenvalue weighted by atomic mass is 79.9. The predicted molar refractivity (Wildman–Crippen MR) is 82.7 cm³/mol. The van der Waals surface area contributed by atoms with Gasteiger partial charge in [-0.3, -0.25) is 4.79 Å². The first-order valence-electron chi connectivity index (χ1n) is 5.60. The summed E-state index contributed by atoms with van der Waals surface area (Å²) >= 11 is 9.22. The second kappa shape index (κ2) is 5.63. The van der Waals surface area contributed by atoms with Gasteiger partial charge >= 0.3 is 0 Å². The summed E-state index contributed by atoms with van der Waals surface area (Å²) < 4.78 is 0.689. The van der Waals surface area contributed by atoms with Gasteiger partial charge in [0.1, 0.15) is 0 Å². The fourth-order valence-electron chi connectivity index (χ4n) is 1.59. The second-order valence-electron chi connectivity index (χ2n) is 4.15. The molecule has 98 valence electrons. The van der Waals surface area contributed by atoms with E-state index in [9.17, 15) is 4.79 Å². The maximum absolute atomic E-state index is 12.1. The van der Waals surface area contributed by atoms with Gasteiger partial charge in [0, 0.05) is 20.9 Å².